The first-order chi connectivity index (χ1) is 12.1. The van der Waals surface area contributed by atoms with Gasteiger partial charge in [0, 0.05) is 5.57 Å². The minimum absolute atomic E-state index is 0.310. The summed E-state index contributed by atoms with van der Waals surface area (Å²) in [6, 6.07) is 14.0. The highest BCUT2D eigenvalue weighted by atomic mass is 16.5. The molecule has 0 spiro atoms. The lowest BCUT2D eigenvalue weighted by Crippen LogP contribution is -2.05. The molecule has 25 heavy (non-hydrogen) atoms. The number of ether oxygens (including phenoxy) is 2. The van der Waals surface area contributed by atoms with Gasteiger partial charge in [-0.1, -0.05) is 42.5 Å². The topological polar surface area (TPSA) is 52.6 Å². The third kappa shape index (κ3) is 3.53. The average Bonchev–Trinajstić information content (AvgIpc) is 2.89. The van der Waals surface area contributed by atoms with Gasteiger partial charge >= 0.3 is 11.9 Å². The van der Waals surface area contributed by atoms with Crippen molar-refractivity contribution in [2.45, 2.75) is 6.42 Å². The van der Waals surface area contributed by atoms with Gasteiger partial charge in [0.15, 0.2) is 0 Å². The molecule has 0 aromatic heterocycles. The Morgan fingerprint density at radius 2 is 1.60 bits per heavy atom. The monoisotopic (exact) mass is 334 g/mol. The highest BCUT2D eigenvalue weighted by Crippen LogP contribution is 2.28. The number of hydrogen-bond donors (Lipinski definition) is 0. The molecule has 0 saturated heterocycles. The summed E-state index contributed by atoms with van der Waals surface area (Å²) in [4.78, 5) is 24.0. The number of rotatable bonds is 3. The van der Waals surface area contributed by atoms with E-state index in [-0.39, 0.29) is 0 Å². The van der Waals surface area contributed by atoms with Gasteiger partial charge in [-0.15, -0.1) is 0 Å². The Balaban J connectivity index is 2.12. The molecule has 2 aromatic rings. The van der Waals surface area contributed by atoms with Crippen LogP contribution in [0.4, 0.5) is 0 Å². The minimum atomic E-state index is -0.433. The smallest absolute Gasteiger partial charge is 0.337 e. The van der Waals surface area contributed by atoms with Crippen molar-refractivity contribution in [3.63, 3.8) is 0 Å². The summed E-state index contributed by atoms with van der Waals surface area (Å²) in [5.41, 5.74) is 2.58. The van der Waals surface area contributed by atoms with Gasteiger partial charge in [-0.2, -0.15) is 0 Å². The lowest BCUT2D eigenvalue weighted by Gasteiger charge is -2.07. The lowest BCUT2D eigenvalue weighted by atomic mass is 9.98. The van der Waals surface area contributed by atoms with Crippen molar-refractivity contribution >= 4 is 28.3 Å². The van der Waals surface area contributed by atoms with Crippen molar-refractivity contribution in [3.05, 3.63) is 77.4 Å². The number of allylic oxidation sites excluding steroid dienone is 3. The molecule has 3 rings (SSSR count). The SMILES string of the molecule is COC(=O)C1=CCC(C(=O)OC)=CC(c2ccc3ccccc3c2)=C1. The van der Waals surface area contributed by atoms with Crippen LogP contribution in [0, 0.1) is 0 Å². The Kier molecular flexibility index (Phi) is 4.80. The van der Waals surface area contributed by atoms with Gasteiger partial charge in [0.05, 0.1) is 19.8 Å². The molecule has 0 radical (unpaired) electrons. The molecular formula is C21H18O4. The quantitative estimate of drug-likeness (QED) is 0.801. The fourth-order valence-electron chi connectivity index (χ4n) is 2.80. The zero-order chi connectivity index (χ0) is 17.8. The second kappa shape index (κ2) is 7.18. The van der Waals surface area contributed by atoms with E-state index in [1.54, 1.807) is 18.2 Å². The van der Waals surface area contributed by atoms with Crippen LogP contribution in [-0.2, 0) is 19.1 Å². The normalized spacial score (nSPS) is 14.1. The maximum Gasteiger partial charge on any atom is 0.337 e. The number of benzene rings is 2. The average molecular weight is 334 g/mol. The second-order valence-corrected chi connectivity index (χ2v) is 5.68. The highest BCUT2D eigenvalue weighted by molar-refractivity contribution is 6.00. The molecule has 2 aromatic carbocycles. The number of carbonyl (C=O) groups excluding carboxylic acids is 2. The van der Waals surface area contributed by atoms with Crippen LogP contribution in [0.1, 0.15) is 12.0 Å². The maximum absolute atomic E-state index is 12.0. The number of hydrogen-bond acceptors (Lipinski definition) is 4. The molecule has 0 amide bonds. The van der Waals surface area contributed by atoms with Crippen molar-refractivity contribution in [3.8, 4) is 0 Å². The molecule has 0 N–H and O–H groups in total. The van der Waals surface area contributed by atoms with Gasteiger partial charge in [0.2, 0.25) is 0 Å². The number of methoxy groups -OCH3 is 2. The summed E-state index contributed by atoms with van der Waals surface area (Å²) in [5, 5.41) is 2.21. The van der Waals surface area contributed by atoms with Gasteiger partial charge in [0.1, 0.15) is 0 Å². The summed E-state index contributed by atoms with van der Waals surface area (Å²) in [7, 11) is 2.69. The minimum Gasteiger partial charge on any atom is -0.466 e. The molecule has 0 bridgehead atoms. The van der Waals surface area contributed by atoms with E-state index in [0.29, 0.717) is 17.6 Å². The first-order valence-electron chi connectivity index (χ1n) is 7.90. The summed E-state index contributed by atoms with van der Waals surface area (Å²) in [6.45, 7) is 0. The van der Waals surface area contributed by atoms with Gasteiger partial charge in [-0.05, 0) is 46.5 Å². The molecule has 0 unspecified atom stereocenters. The van der Waals surface area contributed by atoms with E-state index < -0.39 is 11.9 Å². The highest BCUT2D eigenvalue weighted by Gasteiger charge is 2.17. The van der Waals surface area contributed by atoms with Gasteiger partial charge in [-0.25, -0.2) is 9.59 Å². The van der Waals surface area contributed by atoms with E-state index in [9.17, 15) is 9.59 Å². The van der Waals surface area contributed by atoms with Crippen LogP contribution >= 0.6 is 0 Å². The van der Waals surface area contributed by atoms with Crippen molar-refractivity contribution in [1.29, 1.82) is 0 Å². The molecule has 0 aliphatic heterocycles. The largest absolute Gasteiger partial charge is 0.466 e. The van der Waals surface area contributed by atoms with E-state index in [4.69, 9.17) is 9.47 Å². The van der Waals surface area contributed by atoms with Gasteiger partial charge in [0.25, 0.3) is 0 Å². The van der Waals surface area contributed by atoms with Crippen LogP contribution in [0.5, 0.6) is 0 Å². The molecule has 0 fully saturated rings. The molecule has 0 saturated carbocycles. The summed E-state index contributed by atoms with van der Waals surface area (Å²) >= 11 is 0. The van der Waals surface area contributed by atoms with Crippen LogP contribution in [0.3, 0.4) is 0 Å². The van der Waals surface area contributed by atoms with Crippen LogP contribution in [0.2, 0.25) is 0 Å². The molecule has 4 nitrogen and oxygen atoms in total. The summed E-state index contributed by atoms with van der Waals surface area (Å²) in [6.07, 6.45) is 5.50. The molecule has 0 heterocycles. The van der Waals surface area contributed by atoms with Crippen LogP contribution in [0.25, 0.3) is 16.3 Å². The van der Waals surface area contributed by atoms with Gasteiger partial charge in [-0.3, -0.25) is 0 Å². The van der Waals surface area contributed by atoms with E-state index >= 15 is 0 Å². The fourth-order valence-corrected chi connectivity index (χ4v) is 2.80. The van der Waals surface area contributed by atoms with E-state index in [0.717, 1.165) is 21.9 Å². The van der Waals surface area contributed by atoms with Crippen molar-refractivity contribution in [2.24, 2.45) is 0 Å². The Bertz CT molecular complexity index is 932. The van der Waals surface area contributed by atoms with E-state index in [1.807, 2.05) is 42.5 Å². The Morgan fingerprint density at radius 3 is 2.32 bits per heavy atom. The number of esters is 2. The number of carbonyl (C=O) groups is 2. The van der Waals surface area contributed by atoms with Crippen molar-refractivity contribution in [2.75, 3.05) is 14.2 Å². The van der Waals surface area contributed by atoms with Crippen molar-refractivity contribution in [1.82, 2.24) is 0 Å². The number of fused-ring (bicyclic) bond motifs is 1. The van der Waals surface area contributed by atoms with E-state index in [2.05, 4.69) is 0 Å². The third-order valence-corrected chi connectivity index (χ3v) is 4.13. The zero-order valence-corrected chi connectivity index (χ0v) is 14.1. The first-order valence-corrected chi connectivity index (χ1v) is 7.90. The third-order valence-electron chi connectivity index (χ3n) is 4.13. The molecule has 0 atom stereocenters. The molecule has 4 heteroatoms. The summed E-state index contributed by atoms with van der Waals surface area (Å²) in [5.74, 6) is -0.841. The van der Waals surface area contributed by atoms with E-state index in [1.165, 1.54) is 14.2 Å². The standard InChI is InChI=1S/C21H18O4/c1-24-20(22)17-9-10-18(21(23)25-2)13-19(12-17)16-8-7-14-5-3-4-6-15(14)11-16/h3-9,11-13H,10H2,1-2H3. The lowest BCUT2D eigenvalue weighted by molar-refractivity contribution is -0.137. The molecule has 1 aliphatic carbocycles. The zero-order valence-electron chi connectivity index (χ0n) is 14.1. The van der Waals surface area contributed by atoms with Crippen LogP contribution < -0.4 is 0 Å². The second-order valence-electron chi connectivity index (χ2n) is 5.68. The van der Waals surface area contributed by atoms with Gasteiger partial charge < -0.3 is 9.47 Å². The maximum atomic E-state index is 12.0. The molecule has 1 aliphatic rings. The molecular weight excluding hydrogens is 316 g/mol. The fraction of sp³-hybridized carbons (Fsp3) is 0.143. The Hall–Kier alpha value is -3.14. The Morgan fingerprint density at radius 1 is 0.880 bits per heavy atom. The summed E-state index contributed by atoms with van der Waals surface area (Å²) < 4.78 is 9.67. The molecule has 126 valence electrons. The predicted molar refractivity (Wildman–Crippen MR) is 96.7 cm³/mol. The Labute approximate surface area is 146 Å². The first kappa shape index (κ1) is 16.7. The van der Waals surface area contributed by atoms with Crippen LogP contribution in [0.15, 0.2) is 71.8 Å². The van der Waals surface area contributed by atoms with Crippen molar-refractivity contribution < 1.29 is 19.1 Å². The predicted octanol–water partition coefficient (Wildman–Crippen LogP) is 3.83. The van der Waals surface area contributed by atoms with Crippen LogP contribution in [-0.4, -0.2) is 26.2 Å².